The molecule has 106 valence electrons. The summed E-state index contributed by atoms with van der Waals surface area (Å²) in [5, 5.41) is 3.59. The van der Waals surface area contributed by atoms with E-state index in [1.54, 1.807) is 0 Å². The zero-order chi connectivity index (χ0) is 13.7. The lowest BCUT2D eigenvalue weighted by Crippen LogP contribution is -2.50. The Morgan fingerprint density at radius 2 is 1.95 bits per heavy atom. The molecule has 2 unspecified atom stereocenters. The molecule has 1 saturated carbocycles. The minimum absolute atomic E-state index is 0.602. The quantitative estimate of drug-likeness (QED) is 0.809. The van der Waals surface area contributed by atoms with E-state index >= 15 is 0 Å². The van der Waals surface area contributed by atoms with E-state index in [4.69, 9.17) is 0 Å². The average molecular weight is 260 g/mol. The van der Waals surface area contributed by atoms with Crippen molar-refractivity contribution < 1.29 is 0 Å². The number of hydrogen-bond donors (Lipinski definition) is 1. The summed E-state index contributed by atoms with van der Waals surface area (Å²) < 4.78 is 0. The number of nitrogens with zero attached hydrogens (tertiary/aromatic N) is 1. The van der Waals surface area contributed by atoms with Crippen LogP contribution >= 0.6 is 0 Å². The zero-order valence-corrected chi connectivity index (χ0v) is 12.6. The molecule has 2 heteroatoms. The van der Waals surface area contributed by atoms with Gasteiger partial charge in [-0.2, -0.15) is 0 Å². The van der Waals surface area contributed by atoms with E-state index in [-0.39, 0.29) is 0 Å². The van der Waals surface area contributed by atoms with E-state index < -0.39 is 0 Å². The molecular formula is C17H28N2. The second-order valence-electron chi connectivity index (χ2n) is 6.02. The van der Waals surface area contributed by atoms with Crippen LogP contribution in [0.2, 0.25) is 0 Å². The van der Waals surface area contributed by atoms with Crippen molar-refractivity contribution in [2.75, 3.05) is 13.1 Å². The first-order valence-corrected chi connectivity index (χ1v) is 7.72. The molecule has 0 spiro atoms. The molecule has 0 aromatic heterocycles. The van der Waals surface area contributed by atoms with Crippen LogP contribution in [0.3, 0.4) is 0 Å². The molecular weight excluding hydrogens is 232 g/mol. The fourth-order valence-electron chi connectivity index (χ4n) is 2.94. The Balaban J connectivity index is 1.87. The summed E-state index contributed by atoms with van der Waals surface area (Å²) in [6, 6.07) is 12.2. The lowest BCUT2D eigenvalue weighted by Gasteiger charge is -2.44. The SMILES string of the molecule is CCN(Cc1ccccc1)C1CCC1CNC(C)C. The molecule has 0 heterocycles. The highest BCUT2D eigenvalue weighted by Gasteiger charge is 2.34. The van der Waals surface area contributed by atoms with E-state index in [1.807, 2.05) is 0 Å². The van der Waals surface area contributed by atoms with Gasteiger partial charge in [-0.15, -0.1) is 0 Å². The molecule has 1 aromatic carbocycles. The van der Waals surface area contributed by atoms with Crippen LogP contribution in [0.5, 0.6) is 0 Å². The largest absolute Gasteiger partial charge is 0.314 e. The normalized spacial score (nSPS) is 22.8. The Morgan fingerprint density at radius 3 is 2.47 bits per heavy atom. The lowest BCUT2D eigenvalue weighted by molar-refractivity contribution is 0.0588. The van der Waals surface area contributed by atoms with Gasteiger partial charge < -0.3 is 5.32 Å². The van der Waals surface area contributed by atoms with Crippen molar-refractivity contribution in [3.05, 3.63) is 35.9 Å². The smallest absolute Gasteiger partial charge is 0.0236 e. The molecule has 2 nitrogen and oxygen atoms in total. The fraction of sp³-hybridized carbons (Fsp3) is 0.647. The second kappa shape index (κ2) is 7.06. The van der Waals surface area contributed by atoms with Crippen LogP contribution < -0.4 is 5.32 Å². The van der Waals surface area contributed by atoms with Gasteiger partial charge in [0.15, 0.2) is 0 Å². The molecule has 0 saturated heterocycles. The van der Waals surface area contributed by atoms with Crippen LogP contribution in [0, 0.1) is 5.92 Å². The third-order valence-corrected chi connectivity index (χ3v) is 4.27. The lowest BCUT2D eigenvalue weighted by atomic mass is 9.78. The molecule has 1 aliphatic rings. The summed E-state index contributed by atoms with van der Waals surface area (Å²) >= 11 is 0. The van der Waals surface area contributed by atoms with Crippen molar-refractivity contribution in [3.8, 4) is 0 Å². The van der Waals surface area contributed by atoms with Gasteiger partial charge in [0.25, 0.3) is 0 Å². The van der Waals surface area contributed by atoms with Crippen molar-refractivity contribution in [2.45, 2.75) is 52.2 Å². The molecule has 1 N–H and O–H groups in total. The highest BCUT2D eigenvalue weighted by Crippen LogP contribution is 2.32. The molecule has 19 heavy (non-hydrogen) atoms. The Bertz CT molecular complexity index is 361. The van der Waals surface area contributed by atoms with Crippen LogP contribution in [-0.2, 0) is 6.54 Å². The van der Waals surface area contributed by atoms with Crippen LogP contribution in [0.4, 0.5) is 0 Å². The summed E-state index contributed by atoms with van der Waals surface area (Å²) in [6.45, 7) is 10.2. The van der Waals surface area contributed by atoms with E-state index in [0.29, 0.717) is 6.04 Å². The molecule has 2 atom stereocenters. The average Bonchev–Trinajstić information content (AvgIpc) is 2.37. The monoisotopic (exact) mass is 260 g/mol. The van der Waals surface area contributed by atoms with Gasteiger partial charge in [-0.25, -0.2) is 0 Å². The maximum atomic E-state index is 3.59. The van der Waals surface area contributed by atoms with Crippen molar-refractivity contribution in [1.82, 2.24) is 10.2 Å². The predicted octanol–water partition coefficient (Wildman–Crippen LogP) is 3.29. The molecule has 1 aliphatic carbocycles. The molecule has 0 radical (unpaired) electrons. The number of benzene rings is 1. The number of hydrogen-bond acceptors (Lipinski definition) is 2. The molecule has 1 aromatic rings. The number of rotatable bonds is 7. The topological polar surface area (TPSA) is 15.3 Å². The first-order chi connectivity index (χ1) is 9.20. The van der Waals surface area contributed by atoms with E-state index in [9.17, 15) is 0 Å². The molecule has 1 fully saturated rings. The third kappa shape index (κ3) is 4.05. The van der Waals surface area contributed by atoms with Crippen molar-refractivity contribution >= 4 is 0 Å². The summed E-state index contributed by atoms with van der Waals surface area (Å²) in [6.07, 6.45) is 2.75. The summed E-state index contributed by atoms with van der Waals surface area (Å²) in [5.74, 6) is 0.839. The van der Waals surface area contributed by atoms with E-state index in [1.165, 1.54) is 24.9 Å². The maximum absolute atomic E-state index is 3.59. The maximum Gasteiger partial charge on any atom is 0.0236 e. The van der Waals surface area contributed by atoms with Crippen molar-refractivity contribution in [2.24, 2.45) is 5.92 Å². The summed E-state index contributed by atoms with van der Waals surface area (Å²) in [5.41, 5.74) is 1.44. The Morgan fingerprint density at radius 1 is 1.21 bits per heavy atom. The van der Waals surface area contributed by atoms with Crippen LogP contribution in [-0.4, -0.2) is 30.1 Å². The summed E-state index contributed by atoms with van der Waals surface area (Å²) in [7, 11) is 0. The zero-order valence-electron chi connectivity index (χ0n) is 12.6. The van der Waals surface area contributed by atoms with Gasteiger partial charge in [-0.1, -0.05) is 51.1 Å². The van der Waals surface area contributed by atoms with Crippen LogP contribution in [0.15, 0.2) is 30.3 Å². The molecule has 0 bridgehead atoms. The predicted molar refractivity (Wildman–Crippen MR) is 82.2 cm³/mol. The molecule has 0 aliphatic heterocycles. The van der Waals surface area contributed by atoms with Gasteiger partial charge in [0.1, 0.15) is 0 Å². The Labute approximate surface area is 118 Å². The third-order valence-electron chi connectivity index (χ3n) is 4.27. The van der Waals surface area contributed by atoms with Gasteiger partial charge in [0.05, 0.1) is 0 Å². The van der Waals surface area contributed by atoms with E-state index in [0.717, 1.165) is 25.0 Å². The van der Waals surface area contributed by atoms with E-state index in [2.05, 4.69) is 61.3 Å². The van der Waals surface area contributed by atoms with Crippen molar-refractivity contribution in [3.63, 3.8) is 0 Å². The summed E-state index contributed by atoms with van der Waals surface area (Å²) in [4.78, 5) is 2.64. The Hall–Kier alpha value is -0.860. The highest BCUT2D eigenvalue weighted by molar-refractivity contribution is 5.14. The fourth-order valence-corrected chi connectivity index (χ4v) is 2.94. The standard InChI is InChI=1S/C17H28N2/c1-4-19(13-15-8-6-5-7-9-15)17-11-10-16(17)12-18-14(2)3/h5-9,14,16-18H,4,10-13H2,1-3H3. The number of nitrogens with one attached hydrogen (secondary N) is 1. The highest BCUT2D eigenvalue weighted by atomic mass is 15.2. The molecule has 0 amide bonds. The van der Waals surface area contributed by atoms with Gasteiger partial charge in [-0.05, 0) is 37.4 Å². The minimum Gasteiger partial charge on any atom is -0.314 e. The van der Waals surface area contributed by atoms with Gasteiger partial charge in [-0.3, -0.25) is 4.90 Å². The van der Waals surface area contributed by atoms with Gasteiger partial charge in [0.2, 0.25) is 0 Å². The van der Waals surface area contributed by atoms with Gasteiger partial charge >= 0.3 is 0 Å². The molecule has 2 rings (SSSR count). The first kappa shape index (κ1) is 14.5. The van der Waals surface area contributed by atoms with Crippen molar-refractivity contribution in [1.29, 1.82) is 0 Å². The van der Waals surface area contributed by atoms with Gasteiger partial charge in [0, 0.05) is 18.6 Å². The second-order valence-corrected chi connectivity index (χ2v) is 6.02. The van der Waals surface area contributed by atoms with Crippen LogP contribution in [0.1, 0.15) is 39.2 Å². The minimum atomic E-state index is 0.602. The van der Waals surface area contributed by atoms with Crippen LogP contribution in [0.25, 0.3) is 0 Å². The Kier molecular flexibility index (Phi) is 5.41. The first-order valence-electron chi connectivity index (χ1n) is 7.72.